The highest BCUT2D eigenvalue weighted by atomic mass is 16.5. The molecule has 0 aromatic heterocycles. The first-order valence-electron chi connectivity index (χ1n) is 8.15. The molecule has 0 radical (unpaired) electrons. The molecule has 0 fully saturated rings. The van der Waals surface area contributed by atoms with Gasteiger partial charge in [-0.1, -0.05) is 24.3 Å². The van der Waals surface area contributed by atoms with Gasteiger partial charge in [-0.3, -0.25) is 4.79 Å². The van der Waals surface area contributed by atoms with Crippen molar-refractivity contribution in [3.63, 3.8) is 0 Å². The maximum absolute atomic E-state index is 11.9. The van der Waals surface area contributed by atoms with Crippen molar-refractivity contribution in [1.29, 1.82) is 0 Å². The Bertz CT molecular complexity index is 724. The van der Waals surface area contributed by atoms with Gasteiger partial charge in [0.15, 0.2) is 0 Å². The second-order valence-corrected chi connectivity index (χ2v) is 5.98. The Hall–Kier alpha value is -2.69. The molecule has 2 aromatic carbocycles. The maximum Gasteiger partial charge on any atom is 0.311 e. The van der Waals surface area contributed by atoms with Gasteiger partial charge in [0.1, 0.15) is 17.2 Å². The molecule has 1 atom stereocenters. The van der Waals surface area contributed by atoms with Crippen molar-refractivity contribution >= 4 is 5.97 Å². The molecule has 0 bridgehead atoms. The summed E-state index contributed by atoms with van der Waals surface area (Å²) < 4.78 is 16.4. The van der Waals surface area contributed by atoms with Crippen LogP contribution < -0.4 is 14.2 Å². The molecule has 2 rings (SSSR count). The quantitative estimate of drug-likeness (QED) is 0.787. The van der Waals surface area contributed by atoms with Crippen LogP contribution in [0.2, 0.25) is 0 Å². The van der Waals surface area contributed by atoms with Crippen molar-refractivity contribution in [3.8, 4) is 17.2 Å². The zero-order chi connectivity index (χ0) is 18.4. The van der Waals surface area contributed by atoms with Gasteiger partial charge in [0.2, 0.25) is 0 Å². The van der Waals surface area contributed by atoms with Crippen LogP contribution in [-0.2, 0) is 11.2 Å². The van der Waals surface area contributed by atoms with E-state index in [1.807, 2.05) is 38.1 Å². The lowest BCUT2D eigenvalue weighted by Crippen LogP contribution is -2.17. The minimum absolute atomic E-state index is 0.0138. The summed E-state index contributed by atoms with van der Waals surface area (Å²) in [5.74, 6) is 0.152. The highest BCUT2D eigenvalue weighted by molar-refractivity contribution is 5.78. The summed E-state index contributed by atoms with van der Waals surface area (Å²) in [6.45, 7) is 3.88. The van der Waals surface area contributed by atoms with Crippen molar-refractivity contribution in [2.45, 2.75) is 32.3 Å². The van der Waals surface area contributed by atoms with Crippen molar-refractivity contribution in [2.75, 3.05) is 14.2 Å². The predicted octanol–water partition coefficient (Wildman–Crippen LogP) is 3.90. The van der Waals surface area contributed by atoms with Crippen LogP contribution in [0.4, 0.5) is 0 Å². The van der Waals surface area contributed by atoms with E-state index in [9.17, 15) is 9.90 Å². The smallest absolute Gasteiger partial charge is 0.311 e. The van der Waals surface area contributed by atoms with Crippen molar-refractivity contribution < 1.29 is 24.1 Å². The average molecular weight is 344 g/mol. The van der Waals surface area contributed by atoms with E-state index < -0.39 is 11.9 Å². The summed E-state index contributed by atoms with van der Waals surface area (Å²) >= 11 is 0. The first-order valence-corrected chi connectivity index (χ1v) is 8.15. The lowest BCUT2D eigenvalue weighted by molar-refractivity contribution is -0.138. The van der Waals surface area contributed by atoms with Crippen molar-refractivity contribution in [2.24, 2.45) is 0 Å². The fourth-order valence-electron chi connectivity index (χ4n) is 2.70. The number of carbonyl (C=O) groups is 1. The molecule has 0 heterocycles. The van der Waals surface area contributed by atoms with E-state index in [2.05, 4.69) is 0 Å². The molecule has 0 saturated heterocycles. The molecule has 1 N–H and O–H groups in total. The molecule has 0 saturated carbocycles. The molecule has 0 amide bonds. The van der Waals surface area contributed by atoms with Gasteiger partial charge in [0.05, 0.1) is 26.2 Å². The van der Waals surface area contributed by atoms with Gasteiger partial charge in [-0.25, -0.2) is 0 Å². The predicted molar refractivity (Wildman–Crippen MR) is 95.8 cm³/mol. The standard InChI is InChI=1S/C20H24O5/c1-13(2)25-18-8-6-5-7-14(18)11-17(20(21)22)16-10-9-15(23-3)12-19(16)24-4/h5-10,12-13,17H,11H2,1-4H3,(H,21,22). The van der Waals surface area contributed by atoms with Crippen LogP contribution in [0, 0.1) is 0 Å². The minimum Gasteiger partial charge on any atom is -0.497 e. The van der Waals surface area contributed by atoms with Crippen LogP contribution in [0.25, 0.3) is 0 Å². The summed E-state index contributed by atoms with van der Waals surface area (Å²) in [6.07, 6.45) is 0.320. The van der Waals surface area contributed by atoms with E-state index in [1.165, 1.54) is 7.11 Å². The summed E-state index contributed by atoms with van der Waals surface area (Å²) in [7, 11) is 3.08. The number of rotatable bonds is 8. The van der Waals surface area contributed by atoms with Gasteiger partial charge < -0.3 is 19.3 Å². The van der Waals surface area contributed by atoms with Crippen molar-refractivity contribution in [1.82, 2.24) is 0 Å². The van der Waals surface area contributed by atoms with E-state index >= 15 is 0 Å². The first kappa shape index (κ1) is 18.6. The van der Waals surface area contributed by atoms with Crippen molar-refractivity contribution in [3.05, 3.63) is 53.6 Å². The van der Waals surface area contributed by atoms with Gasteiger partial charge in [0, 0.05) is 11.6 Å². The number of benzene rings is 2. The van der Waals surface area contributed by atoms with Crippen LogP contribution in [0.15, 0.2) is 42.5 Å². The summed E-state index contributed by atoms with van der Waals surface area (Å²) in [5, 5.41) is 9.78. The van der Waals surface area contributed by atoms with Crippen LogP contribution in [0.5, 0.6) is 17.2 Å². The number of para-hydroxylation sites is 1. The largest absolute Gasteiger partial charge is 0.497 e. The highest BCUT2D eigenvalue weighted by Gasteiger charge is 2.25. The second-order valence-electron chi connectivity index (χ2n) is 5.98. The fraction of sp³-hybridized carbons (Fsp3) is 0.350. The molecule has 2 aromatic rings. The van der Waals surface area contributed by atoms with E-state index in [0.717, 1.165) is 5.56 Å². The Morgan fingerprint density at radius 1 is 1.04 bits per heavy atom. The molecule has 1 unspecified atom stereocenters. The van der Waals surface area contributed by atoms with Gasteiger partial charge >= 0.3 is 5.97 Å². The van der Waals surface area contributed by atoms with E-state index in [-0.39, 0.29) is 6.10 Å². The Labute approximate surface area is 148 Å². The maximum atomic E-state index is 11.9. The molecule has 0 aliphatic rings. The zero-order valence-electron chi connectivity index (χ0n) is 15.0. The van der Waals surface area contributed by atoms with Gasteiger partial charge in [0.25, 0.3) is 0 Å². The Morgan fingerprint density at radius 3 is 2.36 bits per heavy atom. The summed E-state index contributed by atoms with van der Waals surface area (Å²) in [4.78, 5) is 11.9. The van der Waals surface area contributed by atoms with E-state index in [0.29, 0.717) is 29.2 Å². The highest BCUT2D eigenvalue weighted by Crippen LogP contribution is 2.34. The van der Waals surface area contributed by atoms with Crippen LogP contribution >= 0.6 is 0 Å². The number of hydrogen-bond donors (Lipinski definition) is 1. The summed E-state index contributed by atoms with van der Waals surface area (Å²) in [5.41, 5.74) is 1.46. The van der Waals surface area contributed by atoms with E-state index in [1.54, 1.807) is 25.3 Å². The molecule has 25 heavy (non-hydrogen) atoms. The lowest BCUT2D eigenvalue weighted by Gasteiger charge is -2.19. The number of carboxylic acids is 1. The Morgan fingerprint density at radius 2 is 1.76 bits per heavy atom. The van der Waals surface area contributed by atoms with Gasteiger partial charge in [-0.15, -0.1) is 0 Å². The van der Waals surface area contributed by atoms with Gasteiger partial charge in [-0.2, -0.15) is 0 Å². The number of aliphatic carboxylic acids is 1. The minimum atomic E-state index is -0.914. The number of carboxylic acid groups (broad SMARTS) is 1. The molecule has 134 valence electrons. The summed E-state index contributed by atoms with van der Waals surface area (Å²) in [6, 6.07) is 12.7. The lowest BCUT2D eigenvalue weighted by atomic mass is 9.91. The van der Waals surface area contributed by atoms with Gasteiger partial charge in [-0.05, 0) is 38.0 Å². The average Bonchev–Trinajstić information content (AvgIpc) is 2.59. The molecule has 5 heteroatoms. The second kappa shape index (κ2) is 8.42. The van der Waals surface area contributed by atoms with Crippen LogP contribution in [-0.4, -0.2) is 31.4 Å². The normalized spacial score (nSPS) is 11.9. The number of methoxy groups -OCH3 is 2. The fourth-order valence-corrected chi connectivity index (χ4v) is 2.70. The number of hydrogen-bond acceptors (Lipinski definition) is 4. The molecule has 5 nitrogen and oxygen atoms in total. The van der Waals surface area contributed by atoms with Crippen LogP contribution in [0.3, 0.4) is 0 Å². The third kappa shape index (κ3) is 4.66. The Balaban J connectivity index is 2.39. The molecular weight excluding hydrogens is 320 g/mol. The Kier molecular flexibility index (Phi) is 6.28. The SMILES string of the molecule is COc1ccc(C(Cc2ccccc2OC(C)C)C(=O)O)c(OC)c1. The first-order chi connectivity index (χ1) is 12.0. The topological polar surface area (TPSA) is 65.0 Å². The third-order valence-corrected chi connectivity index (χ3v) is 3.87. The van der Waals surface area contributed by atoms with Crippen LogP contribution in [0.1, 0.15) is 30.9 Å². The molecule has 0 aliphatic carbocycles. The monoisotopic (exact) mass is 344 g/mol. The zero-order valence-corrected chi connectivity index (χ0v) is 15.0. The molecule has 0 aliphatic heterocycles. The molecule has 0 spiro atoms. The third-order valence-electron chi connectivity index (χ3n) is 3.87. The number of ether oxygens (including phenoxy) is 3. The molecular formula is C20H24O5. The van der Waals surface area contributed by atoms with E-state index in [4.69, 9.17) is 14.2 Å².